The third-order valence-corrected chi connectivity index (χ3v) is 6.58. The van der Waals surface area contributed by atoms with Crippen molar-refractivity contribution >= 4 is 16.2 Å². The lowest BCUT2D eigenvalue weighted by atomic mass is 9.98. The Kier molecular flexibility index (Phi) is 5.59. The van der Waals surface area contributed by atoms with E-state index >= 15 is 0 Å². The lowest BCUT2D eigenvalue weighted by Gasteiger charge is -2.37. The summed E-state index contributed by atoms with van der Waals surface area (Å²) in [4.78, 5) is 11.5. The molecule has 0 aliphatic carbocycles. The number of esters is 1. The molecule has 21 heavy (non-hydrogen) atoms. The van der Waals surface area contributed by atoms with Crippen LogP contribution in [0.3, 0.4) is 0 Å². The van der Waals surface area contributed by atoms with E-state index in [4.69, 9.17) is 10.5 Å². The lowest BCUT2D eigenvalue weighted by molar-refractivity contribution is -0.146. The molecule has 0 radical (unpaired) electrons. The highest BCUT2D eigenvalue weighted by Gasteiger charge is 2.36. The van der Waals surface area contributed by atoms with Gasteiger partial charge in [0.05, 0.1) is 13.0 Å². The Morgan fingerprint density at radius 2 is 1.57 bits per heavy atom. The van der Waals surface area contributed by atoms with Gasteiger partial charge in [0.25, 0.3) is 10.2 Å². The van der Waals surface area contributed by atoms with Crippen LogP contribution in [-0.2, 0) is 19.7 Å². The molecule has 0 aromatic rings. The highest BCUT2D eigenvalue weighted by molar-refractivity contribution is 7.86. The average Bonchev–Trinajstić information content (AvgIpc) is 2.54. The lowest BCUT2D eigenvalue weighted by Crippen LogP contribution is -2.50. The van der Waals surface area contributed by atoms with Gasteiger partial charge in [0.2, 0.25) is 0 Å². The first kappa shape index (κ1) is 16.7. The van der Waals surface area contributed by atoms with Crippen LogP contribution >= 0.6 is 0 Å². The summed E-state index contributed by atoms with van der Waals surface area (Å²) in [6, 6.07) is 0. The molecule has 0 spiro atoms. The van der Waals surface area contributed by atoms with Crippen molar-refractivity contribution in [1.29, 1.82) is 0 Å². The molecule has 2 aliphatic rings. The van der Waals surface area contributed by atoms with Crippen molar-refractivity contribution in [3.05, 3.63) is 0 Å². The zero-order valence-electron chi connectivity index (χ0n) is 12.5. The Morgan fingerprint density at radius 3 is 2.00 bits per heavy atom. The van der Waals surface area contributed by atoms with Gasteiger partial charge in [0, 0.05) is 26.2 Å². The van der Waals surface area contributed by atoms with E-state index in [2.05, 4.69) is 0 Å². The van der Waals surface area contributed by atoms with Gasteiger partial charge in [-0.25, -0.2) is 0 Å². The molecule has 0 amide bonds. The summed E-state index contributed by atoms with van der Waals surface area (Å²) in [5, 5.41) is 0. The second kappa shape index (κ2) is 7.04. The number of hydrogen-bond acceptors (Lipinski definition) is 5. The maximum Gasteiger partial charge on any atom is 0.308 e. The summed E-state index contributed by atoms with van der Waals surface area (Å²) in [5.41, 5.74) is 5.64. The van der Waals surface area contributed by atoms with Crippen LogP contribution in [0.5, 0.6) is 0 Å². The van der Waals surface area contributed by atoms with Crippen LogP contribution in [0, 0.1) is 11.8 Å². The first-order valence-electron chi connectivity index (χ1n) is 7.52. The SMILES string of the molecule is COC(=O)C1CCN(S(=O)(=O)N2CCC(CN)CC2)CC1. The number of carbonyl (C=O) groups is 1. The second-order valence-electron chi connectivity index (χ2n) is 5.78. The monoisotopic (exact) mass is 319 g/mol. The summed E-state index contributed by atoms with van der Waals surface area (Å²) >= 11 is 0. The van der Waals surface area contributed by atoms with E-state index in [0.717, 1.165) is 12.8 Å². The molecular formula is C13H25N3O4S. The summed E-state index contributed by atoms with van der Waals surface area (Å²) in [5.74, 6) is 0.0155. The number of nitrogens with zero attached hydrogens (tertiary/aromatic N) is 2. The van der Waals surface area contributed by atoms with Crippen molar-refractivity contribution in [1.82, 2.24) is 8.61 Å². The van der Waals surface area contributed by atoms with Crippen molar-refractivity contribution in [3.8, 4) is 0 Å². The smallest absolute Gasteiger partial charge is 0.308 e. The van der Waals surface area contributed by atoms with E-state index in [1.165, 1.54) is 11.4 Å². The molecule has 122 valence electrons. The van der Waals surface area contributed by atoms with Crippen LogP contribution in [0.25, 0.3) is 0 Å². The number of methoxy groups -OCH3 is 1. The molecule has 0 unspecified atom stereocenters. The van der Waals surface area contributed by atoms with Crippen molar-refractivity contribution in [2.45, 2.75) is 25.7 Å². The molecule has 0 bridgehead atoms. The van der Waals surface area contributed by atoms with Gasteiger partial charge in [-0.05, 0) is 38.1 Å². The van der Waals surface area contributed by atoms with E-state index in [1.807, 2.05) is 0 Å². The second-order valence-corrected chi connectivity index (χ2v) is 7.71. The average molecular weight is 319 g/mol. The number of rotatable bonds is 4. The van der Waals surface area contributed by atoms with Crippen LogP contribution in [0.2, 0.25) is 0 Å². The molecule has 8 heteroatoms. The van der Waals surface area contributed by atoms with Crippen LogP contribution in [-0.4, -0.2) is 62.8 Å². The molecule has 0 saturated carbocycles. The molecule has 7 nitrogen and oxygen atoms in total. The molecular weight excluding hydrogens is 294 g/mol. The molecule has 0 aromatic heterocycles. The molecule has 2 aliphatic heterocycles. The summed E-state index contributed by atoms with van der Waals surface area (Å²) in [7, 11) is -2.03. The normalized spacial score (nSPS) is 24.1. The number of piperidine rings is 2. The van der Waals surface area contributed by atoms with Gasteiger partial charge in [0.1, 0.15) is 0 Å². The maximum atomic E-state index is 12.6. The first-order valence-corrected chi connectivity index (χ1v) is 8.92. The van der Waals surface area contributed by atoms with Crippen molar-refractivity contribution in [2.24, 2.45) is 17.6 Å². The van der Waals surface area contributed by atoms with E-state index in [9.17, 15) is 13.2 Å². The maximum absolute atomic E-state index is 12.6. The van der Waals surface area contributed by atoms with Crippen LogP contribution in [0.15, 0.2) is 0 Å². The van der Waals surface area contributed by atoms with E-state index in [1.54, 1.807) is 4.31 Å². The molecule has 2 N–H and O–H groups in total. The molecule has 2 fully saturated rings. The predicted octanol–water partition coefficient (Wildman–Crippen LogP) is -0.213. The summed E-state index contributed by atoms with van der Waals surface area (Å²) < 4.78 is 32.9. The quantitative estimate of drug-likeness (QED) is 0.724. The number of ether oxygens (including phenoxy) is 1. The molecule has 2 rings (SSSR count). The Morgan fingerprint density at radius 1 is 1.10 bits per heavy atom. The van der Waals surface area contributed by atoms with E-state index in [-0.39, 0.29) is 11.9 Å². The fraction of sp³-hybridized carbons (Fsp3) is 0.923. The number of hydrogen-bond donors (Lipinski definition) is 1. The molecule has 0 atom stereocenters. The fourth-order valence-corrected chi connectivity index (χ4v) is 4.70. The largest absolute Gasteiger partial charge is 0.469 e. The third kappa shape index (κ3) is 3.74. The van der Waals surface area contributed by atoms with Gasteiger partial charge in [-0.3, -0.25) is 4.79 Å². The highest BCUT2D eigenvalue weighted by Crippen LogP contribution is 2.25. The van der Waals surface area contributed by atoms with Gasteiger partial charge in [-0.1, -0.05) is 0 Å². The summed E-state index contributed by atoms with van der Waals surface area (Å²) in [6.45, 7) is 2.48. The summed E-state index contributed by atoms with van der Waals surface area (Å²) in [6.07, 6.45) is 2.72. The van der Waals surface area contributed by atoms with Gasteiger partial charge in [-0.2, -0.15) is 17.0 Å². The minimum Gasteiger partial charge on any atom is -0.469 e. The van der Waals surface area contributed by atoms with E-state index < -0.39 is 10.2 Å². The van der Waals surface area contributed by atoms with E-state index in [0.29, 0.717) is 51.5 Å². The Balaban J connectivity index is 1.91. The fourth-order valence-electron chi connectivity index (χ4n) is 3.03. The van der Waals surface area contributed by atoms with Crippen molar-refractivity contribution in [3.63, 3.8) is 0 Å². The van der Waals surface area contributed by atoms with Gasteiger partial charge in [-0.15, -0.1) is 0 Å². The molecule has 2 heterocycles. The first-order chi connectivity index (χ1) is 9.98. The van der Waals surface area contributed by atoms with Gasteiger partial charge < -0.3 is 10.5 Å². The van der Waals surface area contributed by atoms with Crippen molar-refractivity contribution in [2.75, 3.05) is 39.8 Å². The van der Waals surface area contributed by atoms with Crippen molar-refractivity contribution < 1.29 is 17.9 Å². The van der Waals surface area contributed by atoms with Crippen LogP contribution in [0.4, 0.5) is 0 Å². The topological polar surface area (TPSA) is 92.9 Å². The van der Waals surface area contributed by atoms with Crippen LogP contribution < -0.4 is 5.73 Å². The Hall–Kier alpha value is -0.700. The minimum absolute atomic E-state index is 0.176. The zero-order valence-corrected chi connectivity index (χ0v) is 13.3. The minimum atomic E-state index is -3.40. The Bertz CT molecular complexity index is 452. The zero-order chi connectivity index (χ0) is 15.5. The third-order valence-electron chi connectivity index (χ3n) is 4.55. The number of nitrogens with two attached hydrogens (primary N) is 1. The Labute approximate surface area is 126 Å². The number of carbonyl (C=O) groups excluding carboxylic acids is 1. The van der Waals surface area contributed by atoms with Crippen LogP contribution in [0.1, 0.15) is 25.7 Å². The van der Waals surface area contributed by atoms with Gasteiger partial charge in [0.15, 0.2) is 0 Å². The van der Waals surface area contributed by atoms with Gasteiger partial charge >= 0.3 is 5.97 Å². The highest BCUT2D eigenvalue weighted by atomic mass is 32.2. The molecule has 2 saturated heterocycles. The molecule has 0 aromatic carbocycles. The predicted molar refractivity (Wildman–Crippen MR) is 78.6 cm³/mol. The standard InChI is InChI=1S/C13H25N3O4S/c1-20-13(17)12-4-8-16(9-5-12)21(18,19)15-6-2-11(10-14)3-7-15/h11-12H,2-10,14H2,1H3.